The molecule has 6 heteroatoms. The number of thiocarbonyl (C=S) groups is 1. The van der Waals surface area contributed by atoms with Gasteiger partial charge in [0.05, 0.1) is 21.8 Å². The first-order valence-electron chi connectivity index (χ1n) is 5.18. The van der Waals surface area contributed by atoms with Gasteiger partial charge in [-0.1, -0.05) is 0 Å². The zero-order valence-electron chi connectivity index (χ0n) is 9.28. The Hall–Kier alpha value is -1.01. The molecule has 86 valence electrons. The molecule has 2 N–H and O–H groups in total. The van der Waals surface area contributed by atoms with Gasteiger partial charge in [0.25, 0.3) is 0 Å². The van der Waals surface area contributed by atoms with E-state index < -0.39 is 0 Å². The number of aryl methyl sites for hydroxylation is 1. The highest BCUT2D eigenvalue weighted by molar-refractivity contribution is 7.80. The fourth-order valence-corrected chi connectivity index (χ4v) is 2.25. The van der Waals surface area contributed by atoms with Crippen molar-refractivity contribution in [2.24, 2.45) is 5.10 Å². The molecule has 4 nitrogen and oxygen atoms in total. The second-order valence-corrected chi connectivity index (χ2v) is 5.09. The van der Waals surface area contributed by atoms with Crippen LogP contribution in [0.4, 0.5) is 0 Å². The molecule has 1 fully saturated rings. The van der Waals surface area contributed by atoms with Gasteiger partial charge in [-0.25, -0.2) is 4.98 Å². The first kappa shape index (κ1) is 11.5. The van der Waals surface area contributed by atoms with Crippen LogP contribution in [0, 0.1) is 6.92 Å². The summed E-state index contributed by atoms with van der Waals surface area (Å²) in [6.07, 6.45) is 2.41. The van der Waals surface area contributed by atoms with E-state index in [-0.39, 0.29) is 0 Å². The number of hydrazone groups is 1. The first-order chi connectivity index (χ1) is 7.66. The largest absolute Gasteiger partial charge is 0.359 e. The van der Waals surface area contributed by atoms with Gasteiger partial charge in [0.2, 0.25) is 0 Å². The predicted molar refractivity (Wildman–Crippen MR) is 71.0 cm³/mol. The summed E-state index contributed by atoms with van der Waals surface area (Å²) in [4.78, 5) is 5.28. The Morgan fingerprint density at radius 3 is 2.94 bits per heavy atom. The SMILES string of the molecule is CC(=NNC(=S)NC1CC1)c1scnc1C. The van der Waals surface area contributed by atoms with Crippen LogP contribution in [0.25, 0.3) is 0 Å². The van der Waals surface area contributed by atoms with Crippen molar-refractivity contribution < 1.29 is 0 Å². The molecule has 0 aromatic carbocycles. The normalized spacial score (nSPS) is 16.0. The molecule has 1 aromatic heterocycles. The molecule has 0 aliphatic heterocycles. The zero-order chi connectivity index (χ0) is 11.5. The molecule has 0 saturated heterocycles. The van der Waals surface area contributed by atoms with Crippen molar-refractivity contribution in [2.75, 3.05) is 0 Å². The fourth-order valence-electron chi connectivity index (χ4n) is 1.28. The van der Waals surface area contributed by atoms with Crippen LogP contribution in [0.2, 0.25) is 0 Å². The van der Waals surface area contributed by atoms with Gasteiger partial charge in [0.1, 0.15) is 0 Å². The Morgan fingerprint density at radius 2 is 2.38 bits per heavy atom. The van der Waals surface area contributed by atoms with Crippen LogP contribution in [-0.4, -0.2) is 21.8 Å². The van der Waals surface area contributed by atoms with Crippen molar-refractivity contribution in [3.8, 4) is 0 Å². The molecule has 0 radical (unpaired) electrons. The lowest BCUT2D eigenvalue weighted by atomic mass is 10.3. The van der Waals surface area contributed by atoms with Crippen LogP contribution in [0.3, 0.4) is 0 Å². The molecular weight excluding hydrogens is 240 g/mol. The predicted octanol–water partition coefficient (Wildman–Crippen LogP) is 1.80. The maximum atomic E-state index is 5.11. The lowest BCUT2D eigenvalue weighted by Gasteiger charge is -2.05. The second kappa shape index (κ2) is 4.88. The zero-order valence-corrected chi connectivity index (χ0v) is 10.9. The summed E-state index contributed by atoms with van der Waals surface area (Å²) in [6, 6.07) is 0.556. The molecule has 1 heterocycles. The maximum absolute atomic E-state index is 5.11. The van der Waals surface area contributed by atoms with Crippen molar-refractivity contribution >= 4 is 34.4 Å². The highest BCUT2D eigenvalue weighted by Gasteiger charge is 2.21. The summed E-state index contributed by atoms with van der Waals surface area (Å²) in [6.45, 7) is 3.93. The van der Waals surface area contributed by atoms with E-state index in [1.165, 1.54) is 12.8 Å². The Balaban J connectivity index is 1.91. The standard InChI is InChI=1S/C10H14N4S2/c1-6-9(16-5-11-6)7(2)13-14-10(15)12-8-3-4-8/h5,8H,3-4H2,1-2H3,(H2,12,14,15). The minimum Gasteiger partial charge on any atom is -0.359 e. The average molecular weight is 254 g/mol. The van der Waals surface area contributed by atoms with Crippen molar-refractivity contribution in [2.45, 2.75) is 32.7 Å². The Morgan fingerprint density at radius 1 is 1.62 bits per heavy atom. The number of rotatable bonds is 3. The third-order valence-electron chi connectivity index (χ3n) is 2.31. The van der Waals surface area contributed by atoms with Gasteiger partial charge in [-0.2, -0.15) is 5.10 Å². The Bertz CT molecular complexity index is 420. The van der Waals surface area contributed by atoms with Crippen LogP contribution in [0.5, 0.6) is 0 Å². The lowest BCUT2D eigenvalue weighted by molar-refractivity contribution is 0.861. The van der Waals surface area contributed by atoms with Crippen molar-refractivity contribution in [3.63, 3.8) is 0 Å². The van der Waals surface area contributed by atoms with E-state index in [1.54, 1.807) is 11.3 Å². The number of thiazole rings is 1. The molecule has 16 heavy (non-hydrogen) atoms. The topological polar surface area (TPSA) is 49.3 Å². The highest BCUT2D eigenvalue weighted by Crippen LogP contribution is 2.18. The molecule has 1 saturated carbocycles. The van der Waals surface area contributed by atoms with E-state index in [0.29, 0.717) is 11.2 Å². The van der Waals surface area contributed by atoms with Crippen LogP contribution < -0.4 is 10.7 Å². The number of hydrogen-bond acceptors (Lipinski definition) is 4. The van der Waals surface area contributed by atoms with Gasteiger partial charge in [-0.15, -0.1) is 11.3 Å². The molecule has 1 aromatic rings. The lowest BCUT2D eigenvalue weighted by Crippen LogP contribution is -2.34. The smallest absolute Gasteiger partial charge is 0.187 e. The van der Waals surface area contributed by atoms with E-state index in [0.717, 1.165) is 16.3 Å². The number of nitrogens with zero attached hydrogens (tertiary/aromatic N) is 2. The molecule has 1 aliphatic rings. The summed E-state index contributed by atoms with van der Waals surface area (Å²) in [5.41, 5.74) is 6.61. The molecule has 0 amide bonds. The van der Waals surface area contributed by atoms with Crippen molar-refractivity contribution in [1.29, 1.82) is 0 Å². The summed E-state index contributed by atoms with van der Waals surface area (Å²) < 4.78 is 0. The van der Waals surface area contributed by atoms with E-state index >= 15 is 0 Å². The summed E-state index contributed by atoms with van der Waals surface area (Å²) >= 11 is 6.70. The first-order valence-corrected chi connectivity index (χ1v) is 6.47. The molecule has 2 rings (SSSR count). The van der Waals surface area contributed by atoms with E-state index in [1.807, 2.05) is 19.4 Å². The fraction of sp³-hybridized carbons (Fsp3) is 0.500. The van der Waals surface area contributed by atoms with Crippen LogP contribution >= 0.6 is 23.6 Å². The Labute approximate surface area is 104 Å². The summed E-state index contributed by atoms with van der Waals surface area (Å²) in [5, 5.41) is 8.01. The summed E-state index contributed by atoms with van der Waals surface area (Å²) in [5.74, 6) is 0. The molecular formula is C10H14N4S2. The molecule has 0 unspecified atom stereocenters. The number of aromatic nitrogens is 1. The molecule has 0 bridgehead atoms. The highest BCUT2D eigenvalue weighted by atomic mass is 32.1. The molecule has 0 spiro atoms. The second-order valence-electron chi connectivity index (χ2n) is 3.82. The van der Waals surface area contributed by atoms with E-state index in [2.05, 4.69) is 20.8 Å². The van der Waals surface area contributed by atoms with Gasteiger partial charge in [0, 0.05) is 6.04 Å². The third kappa shape index (κ3) is 2.99. The summed E-state index contributed by atoms with van der Waals surface area (Å²) in [7, 11) is 0. The van der Waals surface area contributed by atoms with Gasteiger partial charge in [-0.3, -0.25) is 5.43 Å². The minimum absolute atomic E-state index is 0.556. The number of hydrogen-bond donors (Lipinski definition) is 2. The van der Waals surface area contributed by atoms with Crippen molar-refractivity contribution in [1.82, 2.24) is 15.7 Å². The van der Waals surface area contributed by atoms with Gasteiger partial charge < -0.3 is 5.32 Å². The van der Waals surface area contributed by atoms with Gasteiger partial charge >= 0.3 is 0 Å². The monoisotopic (exact) mass is 254 g/mol. The third-order valence-corrected chi connectivity index (χ3v) is 3.56. The quantitative estimate of drug-likeness (QED) is 0.490. The molecule has 1 aliphatic carbocycles. The van der Waals surface area contributed by atoms with Crippen LogP contribution in [0.15, 0.2) is 10.6 Å². The van der Waals surface area contributed by atoms with Gasteiger partial charge in [-0.05, 0) is 38.9 Å². The minimum atomic E-state index is 0.556. The van der Waals surface area contributed by atoms with Crippen LogP contribution in [0.1, 0.15) is 30.3 Å². The molecule has 0 atom stereocenters. The van der Waals surface area contributed by atoms with Crippen LogP contribution in [-0.2, 0) is 0 Å². The van der Waals surface area contributed by atoms with Crippen molar-refractivity contribution in [3.05, 3.63) is 16.1 Å². The number of nitrogens with one attached hydrogen (secondary N) is 2. The average Bonchev–Trinajstić information content (AvgIpc) is 2.95. The van der Waals surface area contributed by atoms with Gasteiger partial charge in [0.15, 0.2) is 5.11 Å². The maximum Gasteiger partial charge on any atom is 0.187 e. The van der Waals surface area contributed by atoms with E-state index in [4.69, 9.17) is 12.2 Å². The van der Waals surface area contributed by atoms with E-state index in [9.17, 15) is 0 Å². The Kier molecular flexibility index (Phi) is 3.50.